The predicted octanol–water partition coefficient (Wildman–Crippen LogP) is 5.94. The van der Waals surface area contributed by atoms with Crippen LogP contribution in [0.15, 0.2) is 42.5 Å². The molecule has 6 heteroatoms. The average molecular weight is 423 g/mol. The fourth-order valence-corrected chi connectivity index (χ4v) is 3.21. The molecule has 4 nitrogen and oxygen atoms in total. The Kier molecular flexibility index (Phi) is 8.02. The number of carbonyl (C=O) groups excluding carboxylic acids is 1. The molecule has 0 aliphatic carbocycles. The van der Waals surface area contributed by atoms with Crippen molar-refractivity contribution in [3.05, 3.63) is 63.6 Å². The highest BCUT2D eigenvalue weighted by atomic mass is 35.5. The van der Waals surface area contributed by atoms with E-state index in [0.717, 1.165) is 16.9 Å². The Balaban J connectivity index is 2.12. The van der Waals surface area contributed by atoms with E-state index in [0.29, 0.717) is 36.2 Å². The van der Waals surface area contributed by atoms with Crippen LogP contribution in [0.25, 0.3) is 0 Å². The van der Waals surface area contributed by atoms with Gasteiger partial charge in [0, 0.05) is 28.7 Å². The molecule has 0 atom stereocenters. The van der Waals surface area contributed by atoms with E-state index >= 15 is 0 Å². The maximum atomic E-state index is 12.8. The normalized spacial score (nSPS) is 11.2. The van der Waals surface area contributed by atoms with Crippen LogP contribution in [0, 0.1) is 0 Å². The van der Waals surface area contributed by atoms with Gasteiger partial charge in [0.25, 0.3) is 0 Å². The summed E-state index contributed by atoms with van der Waals surface area (Å²) in [6, 6.07) is 13.2. The molecule has 0 saturated heterocycles. The van der Waals surface area contributed by atoms with Gasteiger partial charge in [0.15, 0.2) is 0 Å². The number of nitrogens with zero attached hydrogens (tertiary/aromatic N) is 1. The fraction of sp³-hybridized carbons (Fsp3) is 0.409. The molecular weight excluding hydrogens is 395 g/mol. The number of hydrogen-bond donors (Lipinski definition) is 1. The summed E-state index contributed by atoms with van der Waals surface area (Å²) in [7, 11) is 0. The van der Waals surface area contributed by atoms with Crippen molar-refractivity contribution >= 4 is 29.2 Å². The van der Waals surface area contributed by atoms with Gasteiger partial charge in [0.05, 0.1) is 6.61 Å². The zero-order valence-electron chi connectivity index (χ0n) is 16.9. The Morgan fingerprint density at radius 3 is 2.36 bits per heavy atom. The number of amides is 2. The van der Waals surface area contributed by atoms with Gasteiger partial charge in [-0.15, -0.1) is 0 Å². The Morgan fingerprint density at radius 2 is 1.79 bits per heavy atom. The van der Waals surface area contributed by atoms with E-state index in [1.807, 2.05) is 64.1 Å². The van der Waals surface area contributed by atoms with Gasteiger partial charge in [-0.1, -0.05) is 41.4 Å². The van der Waals surface area contributed by atoms with E-state index in [9.17, 15) is 4.79 Å². The Bertz CT molecular complexity index is 786. The van der Waals surface area contributed by atoms with Gasteiger partial charge in [-0.3, -0.25) is 0 Å². The van der Waals surface area contributed by atoms with Crippen LogP contribution < -0.4 is 10.1 Å². The molecule has 152 valence electrons. The lowest BCUT2D eigenvalue weighted by Gasteiger charge is -2.29. The van der Waals surface area contributed by atoms with Crippen molar-refractivity contribution in [1.82, 2.24) is 10.2 Å². The topological polar surface area (TPSA) is 41.6 Å². The molecule has 0 saturated carbocycles. The zero-order valence-corrected chi connectivity index (χ0v) is 18.4. The minimum absolute atomic E-state index is 0.105. The Labute approximate surface area is 177 Å². The summed E-state index contributed by atoms with van der Waals surface area (Å²) in [5.41, 5.74) is 1.69. The summed E-state index contributed by atoms with van der Waals surface area (Å²) in [5.74, 6) is 0.824. The van der Waals surface area contributed by atoms with Crippen LogP contribution >= 0.6 is 23.2 Å². The molecule has 2 amide bonds. The highest BCUT2D eigenvalue weighted by molar-refractivity contribution is 6.35. The van der Waals surface area contributed by atoms with Crippen molar-refractivity contribution in [3.8, 4) is 5.75 Å². The summed E-state index contributed by atoms with van der Waals surface area (Å²) < 4.78 is 5.49. The van der Waals surface area contributed by atoms with Crippen LogP contribution in [0.5, 0.6) is 5.75 Å². The first-order chi connectivity index (χ1) is 13.2. The zero-order chi connectivity index (χ0) is 20.7. The van der Waals surface area contributed by atoms with Crippen molar-refractivity contribution in [2.75, 3.05) is 13.2 Å². The molecule has 1 N–H and O–H groups in total. The van der Waals surface area contributed by atoms with Crippen molar-refractivity contribution in [1.29, 1.82) is 0 Å². The van der Waals surface area contributed by atoms with Gasteiger partial charge in [-0.05, 0) is 69.5 Å². The average Bonchev–Trinajstić information content (AvgIpc) is 2.60. The molecule has 0 unspecified atom stereocenters. The molecule has 0 aliphatic heterocycles. The standard InChI is InChI=1S/C22H28Cl2N2O2/c1-5-28-19-10-6-16(7-11-19)15-26(21(27)25-22(2,3)4)13-12-17-8-9-18(23)14-20(17)24/h6-11,14H,5,12-13,15H2,1-4H3,(H,25,27). The quantitative estimate of drug-likeness (QED) is 0.598. The third kappa shape index (κ3) is 7.25. The van der Waals surface area contributed by atoms with Gasteiger partial charge >= 0.3 is 6.03 Å². The maximum Gasteiger partial charge on any atom is 0.318 e. The largest absolute Gasteiger partial charge is 0.494 e. The smallest absolute Gasteiger partial charge is 0.318 e. The minimum atomic E-state index is -0.313. The van der Waals surface area contributed by atoms with Gasteiger partial charge in [-0.2, -0.15) is 0 Å². The second-order valence-electron chi connectivity index (χ2n) is 7.66. The number of halogens is 2. The van der Waals surface area contributed by atoms with Crippen LogP contribution in [-0.2, 0) is 13.0 Å². The van der Waals surface area contributed by atoms with Crippen LogP contribution in [-0.4, -0.2) is 29.6 Å². The van der Waals surface area contributed by atoms with Crippen molar-refractivity contribution in [2.45, 2.75) is 46.2 Å². The molecule has 2 aromatic carbocycles. The summed E-state index contributed by atoms with van der Waals surface area (Å²) >= 11 is 12.3. The van der Waals surface area contributed by atoms with Crippen molar-refractivity contribution < 1.29 is 9.53 Å². The van der Waals surface area contributed by atoms with Gasteiger partial charge < -0.3 is 15.0 Å². The number of rotatable bonds is 7. The predicted molar refractivity (Wildman–Crippen MR) is 116 cm³/mol. The highest BCUT2D eigenvalue weighted by Gasteiger charge is 2.20. The monoisotopic (exact) mass is 422 g/mol. The molecule has 2 rings (SSSR count). The van der Waals surface area contributed by atoms with Gasteiger partial charge in [-0.25, -0.2) is 4.79 Å². The van der Waals surface area contributed by atoms with Gasteiger partial charge in [0.1, 0.15) is 5.75 Å². The summed E-state index contributed by atoms with van der Waals surface area (Å²) in [5, 5.41) is 4.26. The number of benzene rings is 2. The van der Waals surface area contributed by atoms with Crippen LogP contribution in [0.2, 0.25) is 10.0 Å². The number of nitrogens with one attached hydrogen (secondary N) is 1. The molecule has 2 aromatic rings. The second kappa shape index (κ2) is 10.0. The molecule has 0 aliphatic rings. The third-order valence-corrected chi connectivity index (χ3v) is 4.63. The summed E-state index contributed by atoms with van der Waals surface area (Å²) in [4.78, 5) is 14.6. The van der Waals surface area contributed by atoms with Crippen molar-refractivity contribution in [2.24, 2.45) is 0 Å². The first-order valence-corrected chi connectivity index (χ1v) is 10.2. The molecule has 0 heterocycles. The summed E-state index contributed by atoms with van der Waals surface area (Å²) in [6.07, 6.45) is 0.643. The Morgan fingerprint density at radius 1 is 1.11 bits per heavy atom. The molecule has 0 fully saturated rings. The second-order valence-corrected chi connectivity index (χ2v) is 8.51. The lowest BCUT2D eigenvalue weighted by Crippen LogP contribution is -2.48. The Hall–Kier alpha value is -1.91. The lowest BCUT2D eigenvalue weighted by atomic mass is 10.1. The SMILES string of the molecule is CCOc1ccc(CN(CCc2ccc(Cl)cc2Cl)C(=O)NC(C)(C)C)cc1. The molecule has 0 radical (unpaired) electrons. The number of hydrogen-bond acceptors (Lipinski definition) is 2. The highest BCUT2D eigenvalue weighted by Crippen LogP contribution is 2.22. The molecule has 0 aromatic heterocycles. The maximum absolute atomic E-state index is 12.8. The van der Waals surface area contributed by atoms with E-state index in [1.54, 1.807) is 11.0 Å². The molecule has 0 spiro atoms. The van der Waals surface area contributed by atoms with Gasteiger partial charge in [0.2, 0.25) is 0 Å². The fourth-order valence-electron chi connectivity index (χ4n) is 2.71. The van der Waals surface area contributed by atoms with E-state index < -0.39 is 0 Å². The van der Waals surface area contributed by atoms with E-state index in [4.69, 9.17) is 27.9 Å². The first-order valence-electron chi connectivity index (χ1n) is 9.40. The summed E-state index contributed by atoms with van der Waals surface area (Å²) in [6.45, 7) is 9.52. The van der Waals surface area contributed by atoms with E-state index in [-0.39, 0.29) is 11.6 Å². The molecule has 0 bridgehead atoms. The van der Waals surface area contributed by atoms with Crippen LogP contribution in [0.1, 0.15) is 38.8 Å². The van der Waals surface area contributed by atoms with Crippen molar-refractivity contribution in [3.63, 3.8) is 0 Å². The number of carbonyl (C=O) groups is 1. The third-order valence-electron chi connectivity index (χ3n) is 4.04. The molecular formula is C22H28Cl2N2O2. The minimum Gasteiger partial charge on any atom is -0.494 e. The first kappa shape index (κ1) is 22.4. The number of ether oxygens (including phenoxy) is 1. The number of urea groups is 1. The van der Waals surface area contributed by atoms with E-state index in [1.165, 1.54) is 0 Å². The van der Waals surface area contributed by atoms with Crippen LogP contribution in [0.3, 0.4) is 0 Å². The van der Waals surface area contributed by atoms with E-state index in [2.05, 4.69) is 5.32 Å². The lowest BCUT2D eigenvalue weighted by molar-refractivity contribution is 0.186. The molecule has 28 heavy (non-hydrogen) atoms. The van der Waals surface area contributed by atoms with Crippen LogP contribution in [0.4, 0.5) is 4.79 Å².